The average Bonchev–Trinajstić information content (AvgIpc) is 2.46. The highest BCUT2D eigenvalue weighted by Gasteiger charge is 2.00. The molecule has 0 unspecified atom stereocenters. The number of aliphatic carboxylic acids is 1. The molecule has 0 radical (unpaired) electrons. The van der Waals surface area contributed by atoms with Crippen molar-refractivity contribution in [2.45, 2.75) is 6.92 Å². The van der Waals surface area contributed by atoms with E-state index < -0.39 is 5.97 Å². The predicted octanol–water partition coefficient (Wildman–Crippen LogP) is 3.92. The monoisotopic (exact) mass is 283 g/mol. The fourth-order valence-corrected chi connectivity index (χ4v) is 1.80. The Hall–Kier alpha value is -2.75. The normalized spacial score (nSPS) is 11.0. The van der Waals surface area contributed by atoms with Gasteiger partial charge in [0.1, 0.15) is 11.5 Å². The molecule has 2 aromatic carbocycles. The minimum atomic E-state index is -0.935. The molecule has 0 aliphatic carbocycles. The highest BCUT2D eigenvalue weighted by Crippen LogP contribution is 2.23. The van der Waals surface area contributed by atoms with Crippen LogP contribution in [0.2, 0.25) is 0 Å². The first kappa shape index (κ1) is 14.7. The van der Waals surface area contributed by atoms with E-state index >= 15 is 0 Å². The molecule has 2 aromatic rings. The zero-order chi connectivity index (χ0) is 15.1. The first-order valence-corrected chi connectivity index (χ1v) is 6.60. The molecule has 0 bridgehead atoms. The predicted molar refractivity (Wildman–Crippen MR) is 82.8 cm³/mol. The number of hydrogen-bond donors (Lipinski definition) is 2. The van der Waals surface area contributed by atoms with Crippen molar-refractivity contribution < 1.29 is 14.6 Å². The van der Waals surface area contributed by atoms with Gasteiger partial charge in [-0.25, -0.2) is 4.79 Å². The topological polar surface area (TPSA) is 58.6 Å². The number of benzene rings is 2. The van der Waals surface area contributed by atoms with Gasteiger partial charge in [0.2, 0.25) is 0 Å². The van der Waals surface area contributed by atoms with Gasteiger partial charge in [0.05, 0.1) is 0 Å². The third kappa shape index (κ3) is 5.03. The van der Waals surface area contributed by atoms with E-state index in [4.69, 9.17) is 9.84 Å². The van der Waals surface area contributed by atoms with Gasteiger partial charge in [0, 0.05) is 24.4 Å². The number of anilines is 1. The van der Waals surface area contributed by atoms with Gasteiger partial charge < -0.3 is 15.2 Å². The second kappa shape index (κ2) is 7.14. The molecule has 0 spiro atoms. The summed E-state index contributed by atoms with van der Waals surface area (Å²) < 4.78 is 5.74. The molecule has 2 N–H and O–H groups in total. The smallest absolute Gasteiger partial charge is 0.328 e. The number of carboxylic acid groups (broad SMARTS) is 1. The third-order valence-electron chi connectivity index (χ3n) is 2.75. The van der Waals surface area contributed by atoms with Crippen molar-refractivity contribution in [3.8, 4) is 11.5 Å². The van der Waals surface area contributed by atoms with Crippen LogP contribution < -0.4 is 10.1 Å². The number of hydrogen-bond acceptors (Lipinski definition) is 3. The Bertz CT molecular complexity index is 635. The third-order valence-corrected chi connectivity index (χ3v) is 2.75. The van der Waals surface area contributed by atoms with E-state index in [1.807, 2.05) is 54.6 Å². The van der Waals surface area contributed by atoms with Crippen LogP contribution in [0.15, 0.2) is 66.2 Å². The Morgan fingerprint density at radius 2 is 1.86 bits per heavy atom. The summed E-state index contributed by atoms with van der Waals surface area (Å²) >= 11 is 0. The summed E-state index contributed by atoms with van der Waals surface area (Å²) in [6.45, 7) is 2.24. The van der Waals surface area contributed by atoms with E-state index in [1.54, 1.807) is 6.92 Å². The van der Waals surface area contributed by atoms with Gasteiger partial charge in [-0.3, -0.25) is 0 Å². The lowest BCUT2D eigenvalue weighted by molar-refractivity contribution is -0.131. The molecule has 0 saturated carbocycles. The summed E-state index contributed by atoms with van der Waals surface area (Å²) in [5.41, 5.74) is 1.62. The number of carbonyl (C=O) groups is 1. The average molecular weight is 283 g/mol. The Balaban J connectivity index is 1.99. The van der Waals surface area contributed by atoms with Crippen molar-refractivity contribution in [2.24, 2.45) is 0 Å². The van der Waals surface area contributed by atoms with E-state index in [9.17, 15) is 4.79 Å². The van der Waals surface area contributed by atoms with Crippen molar-refractivity contribution in [1.29, 1.82) is 0 Å². The molecule has 2 rings (SSSR count). The van der Waals surface area contributed by atoms with Crippen molar-refractivity contribution in [2.75, 3.05) is 11.9 Å². The number of carboxylic acids is 1. The molecule has 0 saturated heterocycles. The lowest BCUT2D eigenvalue weighted by Gasteiger charge is -2.09. The van der Waals surface area contributed by atoms with Crippen LogP contribution in [0.4, 0.5) is 5.69 Å². The summed E-state index contributed by atoms with van der Waals surface area (Å²) in [5.74, 6) is 0.568. The van der Waals surface area contributed by atoms with E-state index in [0.29, 0.717) is 6.54 Å². The molecule has 0 amide bonds. The molecule has 0 aromatic heterocycles. The molecule has 0 aliphatic heterocycles. The Kier molecular flexibility index (Phi) is 4.99. The Morgan fingerprint density at radius 3 is 2.57 bits per heavy atom. The van der Waals surface area contributed by atoms with Gasteiger partial charge in [-0.05, 0) is 36.8 Å². The van der Waals surface area contributed by atoms with Crippen LogP contribution in [-0.4, -0.2) is 17.6 Å². The SMILES string of the molecule is C/C(=C/C(=O)O)CNc1cccc(Oc2ccccc2)c1. The molecule has 0 aliphatic rings. The summed E-state index contributed by atoms with van der Waals surface area (Å²) in [5, 5.41) is 11.8. The molecular weight excluding hydrogens is 266 g/mol. The summed E-state index contributed by atoms with van der Waals surface area (Å²) in [6, 6.07) is 17.1. The molecular formula is C17H17NO3. The van der Waals surface area contributed by atoms with Gasteiger partial charge in [0.15, 0.2) is 0 Å². The Morgan fingerprint density at radius 1 is 1.14 bits per heavy atom. The standard InChI is InChI=1S/C17H17NO3/c1-13(10-17(19)20)12-18-14-6-5-9-16(11-14)21-15-7-3-2-4-8-15/h2-11,18H,12H2,1H3,(H,19,20)/b13-10-. The lowest BCUT2D eigenvalue weighted by atomic mass is 10.2. The maximum Gasteiger partial charge on any atom is 0.328 e. The van der Waals surface area contributed by atoms with Crippen LogP contribution in [0.1, 0.15) is 6.92 Å². The quantitative estimate of drug-likeness (QED) is 0.789. The fourth-order valence-electron chi connectivity index (χ4n) is 1.80. The molecule has 4 nitrogen and oxygen atoms in total. The van der Waals surface area contributed by atoms with Gasteiger partial charge in [-0.2, -0.15) is 0 Å². The van der Waals surface area contributed by atoms with Crippen LogP contribution in [-0.2, 0) is 4.79 Å². The van der Waals surface area contributed by atoms with E-state index in [0.717, 1.165) is 22.8 Å². The number of para-hydroxylation sites is 1. The van der Waals surface area contributed by atoms with Gasteiger partial charge >= 0.3 is 5.97 Å². The maximum atomic E-state index is 10.6. The van der Waals surface area contributed by atoms with E-state index in [2.05, 4.69) is 5.32 Å². The molecule has 0 heterocycles. The largest absolute Gasteiger partial charge is 0.478 e. The van der Waals surface area contributed by atoms with Crippen LogP contribution in [0.5, 0.6) is 11.5 Å². The van der Waals surface area contributed by atoms with Crippen LogP contribution in [0.25, 0.3) is 0 Å². The fraction of sp³-hybridized carbons (Fsp3) is 0.118. The summed E-state index contributed by atoms with van der Waals surface area (Å²) in [4.78, 5) is 10.6. The van der Waals surface area contributed by atoms with Crippen molar-refractivity contribution in [3.63, 3.8) is 0 Å². The minimum absolute atomic E-state index is 0.473. The molecule has 4 heteroatoms. The zero-order valence-electron chi connectivity index (χ0n) is 11.7. The first-order chi connectivity index (χ1) is 10.1. The highest BCUT2D eigenvalue weighted by molar-refractivity contribution is 5.80. The molecule has 108 valence electrons. The number of ether oxygens (including phenoxy) is 1. The van der Waals surface area contributed by atoms with E-state index in [1.165, 1.54) is 6.08 Å². The molecule has 0 atom stereocenters. The van der Waals surface area contributed by atoms with Crippen LogP contribution >= 0.6 is 0 Å². The van der Waals surface area contributed by atoms with Gasteiger partial charge in [0.25, 0.3) is 0 Å². The number of rotatable bonds is 6. The maximum absolute atomic E-state index is 10.6. The second-order valence-electron chi connectivity index (χ2n) is 4.63. The highest BCUT2D eigenvalue weighted by atomic mass is 16.5. The van der Waals surface area contributed by atoms with Gasteiger partial charge in [-0.1, -0.05) is 24.3 Å². The van der Waals surface area contributed by atoms with Gasteiger partial charge in [-0.15, -0.1) is 0 Å². The Labute approximate surface area is 123 Å². The van der Waals surface area contributed by atoms with Crippen molar-refractivity contribution >= 4 is 11.7 Å². The zero-order valence-corrected chi connectivity index (χ0v) is 11.7. The minimum Gasteiger partial charge on any atom is -0.478 e. The lowest BCUT2D eigenvalue weighted by Crippen LogP contribution is -2.04. The van der Waals surface area contributed by atoms with Crippen LogP contribution in [0, 0.1) is 0 Å². The summed E-state index contributed by atoms with van der Waals surface area (Å²) in [7, 11) is 0. The number of nitrogens with one attached hydrogen (secondary N) is 1. The van der Waals surface area contributed by atoms with Crippen molar-refractivity contribution in [1.82, 2.24) is 0 Å². The summed E-state index contributed by atoms with van der Waals surface area (Å²) in [6.07, 6.45) is 1.19. The van der Waals surface area contributed by atoms with Crippen LogP contribution in [0.3, 0.4) is 0 Å². The second-order valence-corrected chi connectivity index (χ2v) is 4.63. The van der Waals surface area contributed by atoms with Crippen molar-refractivity contribution in [3.05, 3.63) is 66.2 Å². The van der Waals surface area contributed by atoms with E-state index in [-0.39, 0.29) is 0 Å². The first-order valence-electron chi connectivity index (χ1n) is 6.60. The molecule has 0 fully saturated rings. The molecule has 21 heavy (non-hydrogen) atoms.